The third-order valence-electron chi connectivity index (χ3n) is 8.83. The Hall–Kier alpha value is -4.80. The number of amides is 2. The second kappa shape index (κ2) is 21.9. The highest BCUT2D eigenvalue weighted by molar-refractivity contribution is 9.10. The van der Waals surface area contributed by atoms with Gasteiger partial charge in [-0.05, 0) is 77.7 Å². The molecule has 0 saturated carbocycles. The maximum Gasteiger partial charge on any atom is 0.434 e. The van der Waals surface area contributed by atoms with Crippen molar-refractivity contribution in [2.45, 2.75) is 64.5 Å². The zero-order valence-corrected chi connectivity index (χ0v) is 39.2. The molecule has 0 aliphatic carbocycles. The molecule has 0 bridgehead atoms. The van der Waals surface area contributed by atoms with Crippen molar-refractivity contribution in [3.05, 3.63) is 86.7 Å². The Kier molecular flexibility index (Phi) is 18.3. The molecule has 24 heteroatoms. The average Bonchev–Trinajstić information content (AvgIpc) is 3.47. The Morgan fingerprint density at radius 2 is 1.67 bits per heavy atom. The van der Waals surface area contributed by atoms with Gasteiger partial charge in [0, 0.05) is 57.4 Å². The number of carboxylic acids is 1. The number of carbonyl (C=O) groups is 3. The number of esters is 1. The van der Waals surface area contributed by atoms with E-state index in [2.05, 4.69) is 45.5 Å². The smallest absolute Gasteiger partial charge is 0.434 e. The van der Waals surface area contributed by atoms with E-state index in [-0.39, 0.29) is 33.3 Å². The maximum absolute atomic E-state index is 14.3. The van der Waals surface area contributed by atoms with E-state index in [0.717, 1.165) is 42.0 Å². The molecule has 0 fully saturated rings. The summed E-state index contributed by atoms with van der Waals surface area (Å²) in [5.74, 6) is -1.49. The van der Waals surface area contributed by atoms with Crippen LogP contribution < -0.4 is 20.1 Å². The Balaban J connectivity index is 0.000000284. The van der Waals surface area contributed by atoms with E-state index < -0.39 is 66.4 Å². The average molecular weight is 1010 g/mol. The van der Waals surface area contributed by atoms with Crippen LogP contribution in [0.25, 0.3) is 11.3 Å². The summed E-state index contributed by atoms with van der Waals surface area (Å²) in [6.07, 6.45) is -4.98. The number of fused-ring (bicyclic) bond motifs is 1. The third-order valence-corrected chi connectivity index (χ3v) is 10.5. The fraction of sp³-hybridized carbons (Fsp3) is 0.400. The number of halogens is 6. The first-order valence-electron chi connectivity index (χ1n) is 18.7. The van der Waals surface area contributed by atoms with Crippen LogP contribution in [-0.4, -0.2) is 93.7 Å². The van der Waals surface area contributed by atoms with E-state index in [1.54, 1.807) is 45.2 Å². The number of hydrogen-bond donors (Lipinski definition) is 5. The molecular weight excluding hydrogens is 965 g/mol. The minimum atomic E-state index is -4.69. The number of methoxy groups -OCH3 is 1. The van der Waals surface area contributed by atoms with Gasteiger partial charge in [0.25, 0.3) is 0 Å². The van der Waals surface area contributed by atoms with Crippen molar-refractivity contribution in [2.24, 2.45) is 7.05 Å². The summed E-state index contributed by atoms with van der Waals surface area (Å²) in [7, 11) is 1.60. The molecule has 5 N–H and O–H groups in total. The summed E-state index contributed by atoms with van der Waals surface area (Å²) in [5.41, 5.74) is -0.175. The van der Waals surface area contributed by atoms with Crippen molar-refractivity contribution in [3.63, 3.8) is 0 Å². The van der Waals surface area contributed by atoms with Gasteiger partial charge < -0.3 is 39.2 Å². The zero-order chi connectivity index (χ0) is 48.5. The molecule has 0 saturated heterocycles. The number of carbonyl (C=O) groups excluding carboxylic acids is 2. The molecule has 1 aromatic heterocycles. The molecule has 4 aromatic rings. The summed E-state index contributed by atoms with van der Waals surface area (Å²) < 4.78 is 86.4. The number of carboxylic acid groups (broad SMARTS) is 1. The number of nitrogens with one attached hydrogen (secondary N) is 2. The number of ether oxygens (including phenoxy) is 4. The number of hydroxylamine groups is 2. The molecule has 64 heavy (non-hydrogen) atoms. The summed E-state index contributed by atoms with van der Waals surface area (Å²) in [6, 6.07) is 14.4. The molecule has 352 valence electrons. The van der Waals surface area contributed by atoms with Crippen molar-refractivity contribution in [1.82, 2.24) is 20.2 Å². The van der Waals surface area contributed by atoms with Crippen molar-refractivity contribution in [3.8, 4) is 28.5 Å². The van der Waals surface area contributed by atoms with Gasteiger partial charge in [-0.3, -0.25) is 24.2 Å². The van der Waals surface area contributed by atoms with Crippen LogP contribution in [0.15, 0.2) is 59.1 Å². The molecule has 2 heterocycles. The van der Waals surface area contributed by atoms with Crippen LogP contribution in [0.1, 0.15) is 62.7 Å². The van der Waals surface area contributed by atoms with Gasteiger partial charge in [-0.25, -0.2) is 19.0 Å². The number of aliphatic carboxylic acids is 1. The van der Waals surface area contributed by atoms with Crippen molar-refractivity contribution in [2.75, 3.05) is 39.4 Å². The molecule has 1 aliphatic heterocycles. The van der Waals surface area contributed by atoms with Gasteiger partial charge >= 0.3 is 31.7 Å². The van der Waals surface area contributed by atoms with E-state index in [9.17, 15) is 36.5 Å². The monoisotopic (exact) mass is 1010 g/mol. The maximum atomic E-state index is 14.3. The number of nitrogens with zero attached hydrogens (tertiary/aromatic N) is 3. The highest BCUT2D eigenvalue weighted by atomic mass is 79.9. The first-order chi connectivity index (χ1) is 29.5. The van der Waals surface area contributed by atoms with E-state index in [4.69, 9.17) is 50.3 Å². The molecule has 0 spiro atoms. The summed E-state index contributed by atoms with van der Waals surface area (Å²) in [4.78, 5) is 54.8. The molecule has 0 radical (unpaired) electrons. The van der Waals surface area contributed by atoms with Crippen molar-refractivity contribution in [1.29, 1.82) is 0 Å². The van der Waals surface area contributed by atoms with Crippen LogP contribution in [0.3, 0.4) is 0 Å². The van der Waals surface area contributed by atoms with Gasteiger partial charge in [0.05, 0.1) is 41.1 Å². The second-order valence-corrected chi connectivity index (χ2v) is 17.8. The van der Waals surface area contributed by atoms with Crippen molar-refractivity contribution < 1.29 is 75.2 Å². The van der Waals surface area contributed by atoms with Gasteiger partial charge in [0.15, 0.2) is 5.69 Å². The summed E-state index contributed by atoms with van der Waals surface area (Å²) in [6.45, 7) is 9.09. The molecular formula is C40H48BrClF4N5O12P. The molecule has 3 aromatic carbocycles. The number of alkyl halides is 3. The summed E-state index contributed by atoms with van der Waals surface area (Å²) in [5, 5.41) is 17.4. The van der Waals surface area contributed by atoms with Gasteiger partial charge in [-0.15, -0.1) is 0 Å². The van der Waals surface area contributed by atoms with E-state index >= 15 is 0 Å². The number of urea groups is 1. The highest BCUT2D eigenvalue weighted by Gasteiger charge is 2.42. The van der Waals surface area contributed by atoms with E-state index in [0.29, 0.717) is 21.9 Å². The fourth-order valence-corrected chi connectivity index (χ4v) is 7.37. The first kappa shape index (κ1) is 53.5. The SMILES string of the molecule is CC(C)OC(=O)c1cc(-c2nn(C)c(C(F)(F)F)c2Br)c(F)cc1Cl.CON(C)C(=O)Nc1ccc(Oc2ccc3c(c2)OC(C)(OC)CC3(C)C)cc1.O=C(O)CNCP(=O)(O)O. The van der Waals surface area contributed by atoms with Crippen molar-refractivity contribution >= 4 is 58.8 Å². The van der Waals surface area contributed by atoms with E-state index in [1.165, 1.54) is 14.2 Å². The lowest BCUT2D eigenvalue weighted by molar-refractivity contribution is -0.172. The predicted octanol–water partition coefficient (Wildman–Crippen LogP) is 8.95. The molecule has 1 aliphatic rings. The van der Waals surface area contributed by atoms with Gasteiger partial charge in [-0.2, -0.15) is 18.3 Å². The quantitative estimate of drug-likeness (QED) is 0.0387. The first-order valence-corrected chi connectivity index (χ1v) is 21.7. The number of anilines is 1. The van der Waals surface area contributed by atoms with Crippen LogP contribution in [0.5, 0.6) is 17.2 Å². The normalized spacial score (nSPS) is 15.3. The van der Waals surface area contributed by atoms with Crippen LogP contribution in [0.4, 0.5) is 28.0 Å². The van der Waals surface area contributed by atoms with Crippen LogP contribution in [0.2, 0.25) is 5.02 Å². The minimum Gasteiger partial charge on any atom is -0.480 e. The molecule has 17 nitrogen and oxygen atoms in total. The van der Waals surface area contributed by atoms with Gasteiger partial charge in [-0.1, -0.05) is 31.5 Å². The van der Waals surface area contributed by atoms with E-state index in [1.807, 2.05) is 25.1 Å². The number of aromatic nitrogens is 2. The van der Waals surface area contributed by atoms with Crippen LogP contribution >= 0.6 is 35.1 Å². The Morgan fingerprint density at radius 1 is 1.06 bits per heavy atom. The van der Waals surface area contributed by atoms with Crippen LogP contribution in [0, 0.1) is 5.82 Å². The minimum absolute atomic E-state index is 0.0773. The fourth-order valence-electron chi connectivity index (χ4n) is 5.97. The number of rotatable bonds is 12. The Labute approximate surface area is 379 Å². The lowest BCUT2D eigenvalue weighted by Gasteiger charge is -2.43. The number of benzene rings is 3. The second-order valence-electron chi connectivity index (χ2n) is 14.9. The highest BCUT2D eigenvalue weighted by Crippen LogP contribution is 2.47. The topological polar surface area (TPSA) is 220 Å². The zero-order valence-electron chi connectivity index (χ0n) is 36.0. The largest absolute Gasteiger partial charge is 0.480 e. The Bertz CT molecular complexity index is 2350. The lowest BCUT2D eigenvalue weighted by atomic mass is 9.76. The summed E-state index contributed by atoms with van der Waals surface area (Å²) >= 11 is 8.67. The lowest BCUT2D eigenvalue weighted by Crippen LogP contribution is -2.45. The molecule has 1 unspecified atom stereocenters. The predicted molar refractivity (Wildman–Crippen MR) is 230 cm³/mol. The van der Waals surface area contributed by atoms with Crippen LogP contribution in [-0.2, 0) is 42.3 Å². The van der Waals surface area contributed by atoms with Gasteiger partial charge in [0.1, 0.15) is 28.8 Å². The molecule has 5 rings (SSSR count). The standard InChI is InChI=1S/C22H28N2O5.C15H12BrClF4N2O2.C3H8NO5P/c1-21(2)14-22(3,26-5)29-19-13-17(11-12-18(19)21)28-16-9-7-15(8-10-16)23-20(25)24(4)27-6;1-6(2)25-14(24)7-4-8(10(18)5-9(7)17)12-11(16)13(15(19,20)21)23(3)22-12;5-3(6)1-4-2-10(7,8)9/h7-13H,14H2,1-6H3,(H,23,25);4-6H,1-3H3;4H,1-2H2,(H,5,6)(H2,7,8,9). The number of aryl methyl sites for hydroxylation is 1. The Morgan fingerprint density at radius 3 is 2.19 bits per heavy atom. The third kappa shape index (κ3) is 15.2. The van der Waals surface area contributed by atoms with Gasteiger partial charge in [0.2, 0.25) is 5.79 Å². The molecule has 2 amide bonds. The number of hydrogen-bond acceptors (Lipinski definition) is 11. The molecule has 1 atom stereocenters.